The first-order valence-corrected chi connectivity index (χ1v) is 5.44. The van der Waals surface area contributed by atoms with E-state index in [1.165, 1.54) is 0 Å². The van der Waals surface area contributed by atoms with Crippen molar-refractivity contribution in [2.75, 3.05) is 12.8 Å². The van der Waals surface area contributed by atoms with Gasteiger partial charge in [-0.3, -0.25) is 0 Å². The minimum absolute atomic E-state index is 0.441. The third kappa shape index (κ3) is 2.63. The van der Waals surface area contributed by atoms with E-state index in [0.29, 0.717) is 28.0 Å². The van der Waals surface area contributed by atoms with Gasteiger partial charge in [0, 0.05) is 12.1 Å². The third-order valence-corrected chi connectivity index (χ3v) is 2.58. The summed E-state index contributed by atoms with van der Waals surface area (Å²) in [6, 6.07) is 12.7. The Labute approximate surface area is 105 Å². The summed E-state index contributed by atoms with van der Waals surface area (Å²) in [4.78, 5) is 0. The van der Waals surface area contributed by atoms with Gasteiger partial charge in [0.1, 0.15) is 5.75 Å². The molecule has 0 fully saturated rings. The van der Waals surface area contributed by atoms with E-state index in [0.717, 1.165) is 0 Å². The Balaban J connectivity index is 2.35. The summed E-state index contributed by atoms with van der Waals surface area (Å²) in [5.41, 5.74) is 6.15. The van der Waals surface area contributed by atoms with Crippen LogP contribution in [0.4, 0.5) is 5.69 Å². The van der Waals surface area contributed by atoms with Crippen LogP contribution in [0.2, 0.25) is 5.02 Å². The Morgan fingerprint density at radius 3 is 2.41 bits per heavy atom. The van der Waals surface area contributed by atoms with Gasteiger partial charge >= 0.3 is 0 Å². The Kier molecular flexibility index (Phi) is 3.40. The van der Waals surface area contributed by atoms with Gasteiger partial charge in [-0.25, -0.2) is 0 Å². The molecule has 2 aromatic rings. The molecule has 0 saturated heterocycles. The molecule has 2 aromatic carbocycles. The quantitative estimate of drug-likeness (QED) is 0.843. The molecule has 0 aromatic heterocycles. The number of hydrogen-bond donors (Lipinski definition) is 1. The van der Waals surface area contributed by atoms with Gasteiger partial charge in [0.2, 0.25) is 0 Å². The predicted molar refractivity (Wildman–Crippen MR) is 68.9 cm³/mol. The molecule has 0 atom stereocenters. The molecule has 0 unspecified atom stereocenters. The van der Waals surface area contributed by atoms with Crippen LogP contribution in [0, 0.1) is 0 Å². The number of rotatable bonds is 3. The first kappa shape index (κ1) is 11.6. The monoisotopic (exact) mass is 249 g/mol. The molecule has 0 saturated carbocycles. The summed E-state index contributed by atoms with van der Waals surface area (Å²) in [5.74, 6) is 1.81. The molecule has 0 radical (unpaired) electrons. The van der Waals surface area contributed by atoms with E-state index in [1.807, 2.05) is 30.3 Å². The van der Waals surface area contributed by atoms with Crippen LogP contribution >= 0.6 is 11.6 Å². The van der Waals surface area contributed by atoms with Crippen LogP contribution in [-0.2, 0) is 0 Å². The van der Waals surface area contributed by atoms with Crippen molar-refractivity contribution >= 4 is 17.3 Å². The molecule has 0 aliphatic carbocycles. The Hall–Kier alpha value is -1.87. The van der Waals surface area contributed by atoms with E-state index in [2.05, 4.69) is 0 Å². The van der Waals surface area contributed by atoms with Gasteiger partial charge in [-0.15, -0.1) is 0 Å². The molecular weight excluding hydrogens is 238 g/mol. The lowest BCUT2D eigenvalue weighted by Crippen LogP contribution is -1.93. The van der Waals surface area contributed by atoms with Gasteiger partial charge in [0.05, 0.1) is 17.8 Å². The molecule has 0 bridgehead atoms. The predicted octanol–water partition coefficient (Wildman–Crippen LogP) is 3.72. The maximum atomic E-state index is 5.95. The number of anilines is 1. The molecule has 0 spiro atoms. The third-order valence-electron chi connectivity index (χ3n) is 2.25. The number of halogens is 1. The fourth-order valence-electron chi connectivity index (χ4n) is 1.41. The van der Waals surface area contributed by atoms with Crippen LogP contribution in [0.3, 0.4) is 0 Å². The molecule has 4 heteroatoms. The van der Waals surface area contributed by atoms with E-state index in [-0.39, 0.29) is 0 Å². The molecule has 0 aliphatic rings. The second-order valence-corrected chi connectivity index (χ2v) is 3.85. The molecule has 2 N–H and O–H groups in total. The lowest BCUT2D eigenvalue weighted by atomic mass is 10.2. The number of nitrogens with two attached hydrogens (primary N) is 1. The van der Waals surface area contributed by atoms with Gasteiger partial charge in [-0.05, 0) is 12.1 Å². The summed E-state index contributed by atoms with van der Waals surface area (Å²) in [5, 5.41) is 0.441. The molecular formula is C13H12ClNO2. The lowest BCUT2D eigenvalue weighted by molar-refractivity contribution is 0.379. The average molecular weight is 250 g/mol. The van der Waals surface area contributed by atoms with Crippen LogP contribution in [0.15, 0.2) is 42.5 Å². The van der Waals surface area contributed by atoms with Gasteiger partial charge in [0.25, 0.3) is 0 Å². The molecule has 0 aliphatic heterocycles. The molecule has 88 valence electrons. The van der Waals surface area contributed by atoms with Crippen molar-refractivity contribution < 1.29 is 9.47 Å². The highest BCUT2D eigenvalue weighted by Crippen LogP contribution is 2.37. The molecule has 17 heavy (non-hydrogen) atoms. The number of ether oxygens (including phenoxy) is 2. The highest BCUT2D eigenvalue weighted by atomic mass is 35.5. The standard InChI is InChI=1S/C13H12ClNO2/c1-16-12-8-11(15)10(14)7-13(12)17-9-5-3-2-4-6-9/h2-8H,15H2,1H3. The fraction of sp³-hybridized carbons (Fsp3) is 0.0769. The van der Waals surface area contributed by atoms with Crippen molar-refractivity contribution in [1.29, 1.82) is 0 Å². The normalized spacial score (nSPS) is 10.0. The SMILES string of the molecule is COc1cc(N)c(Cl)cc1Oc1ccccc1. The Morgan fingerprint density at radius 1 is 1.06 bits per heavy atom. The van der Waals surface area contributed by atoms with Crippen molar-refractivity contribution in [3.63, 3.8) is 0 Å². The van der Waals surface area contributed by atoms with Crippen LogP contribution in [0.25, 0.3) is 0 Å². The van der Waals surface area contributed by atoms with Gasteiger partial charge in [-0.1, -0.05) is 29.8 Å². The van der Waals surface area contributed by atoms with E-state index >= 15 is 0 Å². The topological polar surface area (TPSA) is 44.5 Å². The summed E-state index contributed by atoms with van der Waals surface area (Å²) in [7, 11) is 1.56. The first-order valence-electron chi connectivity index (χ1n) is 5.06. The number of para-hydroxylation sites is 1. The second kappa shape index (κ2) is 4.97. The van der Waals surface area contributed by atoms with Gasteiger partial charge in [0.15, 0.2) is 11.5 Å². The number of hydrogen-bond acceptors (Lipinski definition) is 3. The molecule has 3 nitrogen and oxygen atoms in total. The number of methoxy groups -OCH3 is 1. The van der Waals surface area contributed by atoms with E-state index in [1.54, 1.807) is 19.2 Å². The minimum Gasteiger partial charge on any atom is -0.493 e. The second-order valence-electron chi connectivity index (χ2n) is 3.44. The first-order chi connectivity index (χ1) is 8.20. The van der Waals surface area contributed by atoms with E-state index < -0.39 is 0 Å². The highest BCUT2D eigenvalue weighted by Gasteiger charge is 2.09. The smallest absolute Gasteiger partial charge is 0.170 e. The van der Waals surface area contributed by atoms with Crippen LogP contribution in [0.1, 0.15) is 0 Å². The van der Waals surface area contributed by atoms with Crippen LogP contribution < -0.4 is 15.2 Å². The van der Waals surface area contributed by atoms with Crippen molar-refractivity contribution in [3.8, 4) is 17.2 Å². The Morgan fingerprint density at radius 2 is 1.76 bits per heavy atom. The summed E-state index contributed by atoms with van der Waals surface area (Å²) < 4.78 is 10.9. The maximum absolute atomic E-state index is 5.95. The number of nitrogen functional groups attached to an aromatic ring is 1. The maximum Gasteiger partial charge on any atom is 0.170 e. The fourth-order valence-corrected chi connectivity index (χ4v) is 1.56. The summed E-state index contributed by atoms with van der Waals surface area (Å²) in [6.07, 6.45) is 0. The highest BCUT2D eigenvalue weighted by molar-refractivity contribution is 6.33. The van der Waals surface area contributed by atoms with Crippen LogP contribution in [-0.4, -0.2) is 7.11 Å². The molecule has 2 rings (SSSR count). The van der Waals surface area contributed by atoms with Gasteiger partial charge in [-0.2, -0.15) is 0 Å². The molecule has 0 amide bonds. The minimum atomic E-state index is 0.441. The summed E-state index contributed by atoms with van der Waals surface area (Å²) in [6.45, 7) is 0. The molecule has 0 heterocycles. The summed E-state index contributed by atoms with van der Waals surface area (Å²) >= 11 is 5.95. The average Bonchev–Trinajstić information content (AvgIpc) is 2.35. The lowest BCUT2D eigenvalue weighted by Gasteiger charge is -2.11. The zero-order valence-electron chi connectivity index (χ0n) is 9.31. The zero-order chi connectivity index (χ0) is 12.3. The van der Waals surface area contributed by atoms with Crippen molar-refractivity contribution in [3.05, 3.63) is 47.5 Å². The number of benzene rings is 2. The van der Waals surface area contributed by atoms with Crippen molar-refractivity contribution in [1.82, 2.24) is 0 Å². The van der Waals surface area contributed by atoms with Gasteiger partial charge < -0.3 is 15.2 Å². The van der Waals surface area contributed by atoms with E-state index in [9.17, 15) is 0 Å². The van der Waals surface area contributed by atoms with Crippen LogP contribution in [0.5, 0.6) is 17.2 Å². The largest absolute Gasteiger partial charge is 0.493 e. The Bertz CT molecular complexity index is 514. The van der Waals surface area contributed by atoms with Crippen molar-refractivity contribution in [2.24, 2.45) is 0 Å². The van der Waals surface area contributed by atoms with E-state index in [4.69, 9.17) is 26.8 Å². The van der Waals surface area contributed by atoms with Crippen molar-refractivity contribution in [2.45, 2.75) is 0 Å². The zero-order valence-corrected chi connectivity index (χ0v) is 10.1.